The van der Waals surface area contributed by atoms with Gasteiger partial charge in [-0.3, -0.25) is 9.69 Å². The van der Waals surface area contributed by atoms with Crippen LogP contribution in [0.5, 0.6) is 0 Å². The number of hydrogen-bond acceptors (Lipinski definition) is 6. The van der Waals surface area contributed by atoms with Gasteiger partial charge in [-0.1, -0.05) is 0 Å². The predicted molar refractivity (Wildman–Crippen MR) is 103 cm³/mol. The molecule has 3 aliphatic rings. The Bertz CT molecular complexity index is 785. The fraction of sp³-hybridized carbons (Fsp3) is 0.684. The zero-order valence-corrected chi connectivity index (χ0v) is 16.7. The number of amides is 3. The average Bonchev–Trinajstić information content (AvgIpc) is 2.84. The van der Waals surface area contributed by atoms with Gasteiger partial charge in [0.2, 0.25) is 5.95 Å². The molecule has 27 heavy (non-hydrogen) atoms. The molecule has 0 radical (unpaired) electrons. The number of carbonyl (C=O) groups is 2. The summed E-state index contributed by atoms with van der Waals surface area (Å²) in [4.78, 5) is 41.7. The van der Waals surface area contributed by atoms with Crippen molar-refractivity contribution in [2.75, 3.05) is 51.1 Å². The largest absolute Gasteiger partial charge is 0.356 e. The van der Waals surface area contributed by atoms with Gasteiger partial charge in [0, 0.05) is 46.8 Å². The number of rotatable bonds is 2. The number of fused-ring (bicyclic) bond motifs is 1. The van der Waals surface area contributed by atoms with Gasteiger partial charge in [0.25, 0.3) is 5.91 Å². The van der Waals surface area contributed by atoms with Gasteiger partial charge in [0.05, 0.1) is 5.69 Å². The molecule has 2 fully saturated rings. The molecule has 0 aromatic carbocycles. The third-order valence-electron chi connectivity index (χ3n) is 6.36. The third kappa shape index (κ3) is 2.64. The van der Waals surface area contributed by atoms with E-state index in [0.717, 1.165) is 24.6 Å². The Balaban J connectivity index is 1.63. The Kier molecular flexibility index (Phi) is 4.24. The number of anilines is 2. The lowest BCUT2D eigenvalue weighted by Crippen LogP contribution is -2.55. The standard InChI is InChI=1S/C19H28N6O2/c1-22(2)17-20-14-8-6-5-7-13(14)15(21-17)25-11-9-19(10-12-25)16(26)23(3)18(27)24(19)4/h5-12H2,1-4H3. The second-order valence-corrected chi connectivity index (χ2v) is 8.10. The molecule has 3 heterocycles. The minimum atomic E-state index is -0.695. The van der Waals surface area contributed by atoms with E-state index in [-0.39, 0.29) is 11.9 Å². The highest BCUT2D eigenvalue weighted by Crippen LogP contribution is 2.38. The van der Waals surface area contributed by atoms with Crippen LogP contribution in [0.25, 0.3) is 0 Å². The lowest BCUT2D eigenvalue weighted by atomic mass is 9.85. The van der Waals surface area contributed by atoms with Gasteiger partial charge in [0.15, 0.2) is 0 Å². The van der Waals surface area contributed by atoms with Crippen molar-refractivity contribution in [2.24, 2.45) is 0 Å². The van der Waals surface area contributed by atoms with Crippen LogP contribution in [0.1, 0.15) is 36.9 Å². The fourth-order valence-corrected chi connectivity index (χ4v) is 4.61. The SMILES string of the molecule is CN1C(=O)N(C)C2(CCN(c3nc(N(C)C)nc4c3CCCC4)CC2)C1=O. The van der Waals surface area contributed by atoms with E-state index in [0.29, 0.717) is 25.9 Å². The van der Waals surface area contributed by atoms with Crippen molar-refractivity contribution in [2.45, 2.75) is 44.1 Å². The summed E-state index contributed by atoms with van der Waals surface area (Å²) in [6.07, 6.45) is 5.63. The summed E-state index contributed by atoms with van der Waals surface area (Å²) >= 11 is 0. The summed E-state index contributed by atoms with van der Waals surface area (Å²) in [7, 11) is 7.25. The quantitative estimate of drug-likeness (QED) is 0.729. The van der Waals surface area contributed by atoms with Crippen LogP contribution in [0.3, 0.4) is 0 Å². The number of likely N-dealkylation sites (N-methyl/N-ethyl adjacent to an activating group) is 2. The minimum absolute atomic E-state index is 0.0756. The summed E-state index contributed by atoms with van der Waals surface area (Å²) in [6.45, 7) is 1.43. The normalized spacial score (nSPS) is 21.9. The topological polar surface area (TPSA) is 72.9 Å². The van der Waals surface area contributed by atoms with Crippen molar-refractivity contribution in [3.05, 3.63) is 11.3 Å². The van der Waals surface area contributed by atoms with Gasteiger partial charge in [-0.2, -0.15) is 4.98 Å². The Labute approximate surface area is 160 Å². The number of carbonyl (C=O) groups excluding carboxylic acids is 2. The molecule has 1 spiro atoms. The summed E-state index contributed by atoms with van der Waals surface area (Å²) in [5.74, 6) is 1.69. The monoisotopic (exact) mass is 372 g/mol. The highest BCUT2D eigenvalue weighted by atomic mass is 16.2. The molecule has 4 rings (SSSR count). The Hall–Kier alpha value is -2.38. The molecule has 8 heteroatoms. The summed E-state index contributed by atoms with van der Waals surface area (Å²) < 4.78 is 0. The van der Waals surface area contributed by atoms with E-state index in [1.165, 1.54) is 29.0 Å². The zero-order chi connectivity index (χ0) is 19.3. The van der Waals surface area contributed by atoms with Crippen molar-refractivity contribution in [1.82, 2.24) is 19.8 Å². The van der Waals surface area contributed by atoms with E-state index in [1.54, 1.807) is 19.0 Å². The number of imide groups is 1. The van der Waals surface area contributed by atoms with Crippen LogP contribution < -0.4 is 9.80 Å². The molecule has 0 atom stereocenters. The van der Waals surface area contributed by atoms with Gasteiger partial charge in [-0.15, -0.1) is 0 Å². The highest BCUT2D eigenvalue weighted by molar-refractivity contribution is 6.06. The average molecular weight is 372 g/mol. The molecular weight excluding hydrogens is 344 g/mol. The smallest absolute Gasteiger partial charge is 0.327 e. The van der Waals surface area contributed by atoms with Crippen LogP contribution in [0.2, 0.25) is 0 Å². The van der Waals surface area contributed by atoms with Crippen molar-refractivity contribution < 1.29 is 9.59 Å². The van der Waals surface area contributed by atoms with Crippen LogP contribution in [0.15, 0.2) is 0 Å². The molecule has 2 saturated heterocycles. The molecule has 1 aromatic heterocycles. The van der Waals surface area contributed by atoms with Crippen LogP contribution in [-0.4, -0.2) is 78.5 Å². The minimum Gasteiger partial charge on any atom is -0.356 e. The second kappa shape index (κ2) is 6.35. The molecule has 146 valence electrons. The van der Waals surface area contributed by atoms with E-state index in [4.69, 9.17) is 9.97 Å². The van der Waals surface area contributed by atoms with Gasteiger partial charge in [-0.05, 0) is 38.5 Å². The van der Waals surface area contributed by atoms with Gasteiger partial charge >= 0.3 is 6.03 Å². The summed E-state index contributed by atoms with van der Waals surface area (Å²) in [5.41, 5.74) is 1.74. The first-order valence-electron chi connectivity index (χ1n) is 9.73. The number of piperidine rings is 1. The molecule has 0 N–H and O–H groups in total. The number of aryl methyl sites for hydroxylation is 1. The van der Waals surface area contributed by atoms with Gasteiger partial charge in [0.1, 0.15) is 11.4 Å². The van der Waals surface area contributed by atoms with Crippen molar-refractivity contribution in [3.8, 4) is 0 Å². The first-order chi connectivity index (χ1) is 12.8. The Morgan fingerprint density at radius 1 is 1.00 bits per heavy atom. The molecular formula is C19H28N6O2. The van der Waals surface area contributed by atoms with Crippen molar-refractivity contribution in [1.29, 1.82) is 0 Å². The lowest BCUT2D eigenvalue weighted by molar-refractivity contribution is -0.133. The van der Waals surface area contributed by atoms with E-state index in [9.17, 15) is 9.59 Å². The number of aromatic nitrogens is 2. The molecule has 2 aliphatic heterocycles. The maximum absolute atomic E-state index is 12.7. The van der Waals surface area contributed by atoms with E-state index < -0.39 is 5.54 Å². The molecule has 1 aromatic rings. The lowest BCUT2D eigenvalue weighted by Gasteiger charge is -2.42. The summed E-state index contributed by atoms with van der Waals surface area (Å²) in [5, 5.41) is 0. The van der Waals surface area contributed by atoms with Crippen LogP contribution in [0.4, 0.5) is 16.6 Å². The maximum Gasteiger partial charge on any atom is 0.327 e. The molecule has 3 amide bonds. The first-order valence-corrected chi connectivity index (χ1v) is 9.73. The fourth-order valence-electron chi connectivity index (χ4n) is 4.61. The maximum atomic E-state index is 12.7. The van der Waals surface area contributed by atoms with Crippen molar-refractivity contribution >= 4 is 23.7 Å². The summed E-state index contributed by atoms with van der Waals surface area (Å²) in [6, 6.07) is -0.206. The Morgan fingerprint density at radius 3 is 2.26 bits per heavy atom. The third-order valence-corrected chi connectivity index (χ3v) is 6.36. The predicted octanol–water partition coefficient (Wildman–Crippen LogP) is 1.28. The van der Waals surface area contributed by atoms with Gasteiger partial charge < -0.3 is 14.7 Å². The highest BCUT2D eigenvalue weighted by Gasteiger charge is 2.55. The molecule has 1 aliphatic carbocycles. The van der Waals surface area contributed by atoms with E-state index in [2.05, 4.69) is 4.90 Å². The van der Waals surface area contributed by atoms with Crippen molar-refractivity contribution in [3.63, 3.8) is 0 Å². The van der Waals surface area contributed by atoms with E-state index in [1.807, 2.05) is 19.0 Å². The van der Waals surface area contributed by atoms with Gasteiger partial charge in [-0.25, -0.2) is 9.78 Å². The number of urea groups is 1. The first kappa shape index (κ1) is 18.0. The number of nitrogens with zero attached hydrogens (tertiary/aromatic N) is 6. The number of hydrogen-bond donors (Lipinski definition) is 0. The second-order valence-electron chi connectivity index (χ2n) is 8.10. The Morgan fingerprint density at radius 2 is 1.67 bits per heavy atom. The molecule has 0 saturated carbocycles. The van der Waals surface area contributed by atoms with Crippen LogP contribution in [-0.2, 0) is 17.6 Å². The molecule has 8 nitrogen and oxygen atoms in total. The van der Waals surface area contributed by atoms with Crippen LogP contribution in [0, 0.1) is 0 Å². The van der Waals surface area contributed by atoms with Crippen LogP contribution >= 0.6 is 0 Å². The van der Waals surface area contributed by atoms with E-state index >= 15 is 0 Å². The zero-order valence-electron chi connectivity index (χ0n) is 16.7. The molecule has 0 unspecified atom stereocenters. The molecule has 0 bridgehead atoms.